The lowest BCUT2D eigenvalue weighted by atomic mass is 10.1. The van der Waals surface area contributed by atoms with Crippen LogP contribution in [0, 0.1) is 6.92 Å². The van der Waals surface area contributed by atoms with Crippen molar-refractivity contribution >= 4 is 11.8 Å². The van der Waals surface area contributed by atoms with Crippen molar-refractivity contribution in [2.75, 3.05) is 12.7 Å². The zero-order valence-electron chi connectivity index (χ0n) is 14.4. The van der Waals surface area contributed by atoms with Crippen molar-refractivity contribution in [2.45, 2.75) is 25.3 Å². The summed E-state index contributed by atoms with van der Waals surface area (Å²) in [5, 5.41) is 9.77. The summed E-state index contributed by atoms with van der Waals surface area (Å²) in [6, 6.07) is 14.5. The molecule has 26 heavy (non-hydrogen) atoms. The van der Waals surface area contributed by atoms with E-state index in [1.165, 1.54) is 11.1 Å². The van der Waals surface area contributed by atoms with Crippen LogP contribution in [0.5, 0.6) is 11.5 Å². The number of ether oxygens (including phenoxy) is 2. The van der Waals surface area contributed by atoms with Gasteiger partial charge >= 0.3 is 0 Å². The Balaban J connectivity index is 1.39. The first-order valence-electron chi connectivity index (χ1n) is 8.50. The molecule has 0 amide bonds. The van der Waals surface area contributed by atoms with Gasteiger partial charge in [-0.3, -0.25) is 9.47 Å². The molecule has 132 valence electrons. The van der Waals surface area contributed by atoms with Gasteiger partial charge in [0.15, 0.2) is 22.5 Å². The number of benzene rings is 2. The van der Waals surface area contributed by atoms with Crippen molar-refractivity contribution < 1.29 is 9.47 Å². The molecule has 0 atom stereocenters. The predicted octanol–water partition coefficient (Wildman–Crippen LogP) is 3.51. The Kier molecular flexibility index (Phi) is 3.83. The van der Waals surface area contributed by atoms with Crippen LogP contribution in [0.15, 0.2) is 47.6 Å². The second kappa shape index (κ2) is 6.34. The molecule has 6 nitrogen and oxygen atoms in total. The highest BCUT2D eigenvalue weighted by atomic mass is 32.2. The highest BCUT2D eigenvalue weighted by Gasteiger charge is 2.23. The molecule has 7 heteroatoms. The van der Waals surface area contributed by atoms with Gasteiger partial charge in [0.2, 0.25) is 6.79 Å². The van der Waals surface area contributed by atoms with Crippen LogP contribution in [0.3, 0.4) is 0 Å². The van der Waals surface area contributed by atoms with E-state index in [1.54, 1.807) is 11.8 Å². The molecule has 3 aromatic rings. The van der Waals surface area contributed by atoms with Crippen LogP contribution in [0.4, 0.5) is 0 Å². The quantitative estimate of drug-likeness (QED) is 0.707. The second-order valence-electron chi connectivity index (χ2n) is 6.54. The molecule has 0 spiro atoms. The summed E-state index contributed by atoms with van der Waals surface area (Å²) in [5.41, 5.74) is 3.54. The van der Waals surface area contributed by atoms with Crippen LogP contribution in [-0.4, -0.2) is 32.3 Å². The fourth-order valence-corrected chi connectivity index (χ4v) is 4.17. The minimum Gasteiger partial charge on any atom is -0.454 e. The van der Waals surface area contributed by atoms with E-state index >= 15 is 0 Å². The Hall–Kier alpha value is -2.51. The molecule has 2 aromatic carbocycles. The van der Waals surface area contributed by atoms with Crippen molar-refractivity contribution in [1.29, 1.82) is 0 Å². The topological polar surface area (TPSA) is 52.4 Å². The first kappa shape index (κ1) is 15.7. The lowest BCUT2D eigenvalue weighted by molar-refractivity contribution is 0.174. The fourth-order valence-electron chi connectivity index (χ4n) is 3.30. The molecular weight excluding hydrogens is 348 g/mol. The Morgan fingerprint density at radius 2 is 2.00 bits per heavy atom. The third kappa shape index (κ3) is 2.83. The number of rotatable bonds is 3. The third-order valence-electron chi connectivity index (χ3n) is 4.55. The number of hydrogen-bond acceptors (Lipinski definition) is 6. The van der Waals surface area contributed by atoms with E-state index in [0.717, 1.165) is 47.1 Å². The first-order valence-corrected chi connectivity index (χ1v) is 9.49. The van der Waals surface area contributed by atoms with Crippen LogP contribution in [-0.2, 0) is 13.2 Å². The van der Waals surface area contributed by atoms with E-state index in [1.807, 2.05) is 6.07 Å². The average Bonchev–Trinajstić information content (AvgIpc) is 3.27. The van der Waals surface area contributed by atoms with Crippen molar-refractivity contribution in [3.05, 3.63) is 53.6 Å². The predicted molar refractivity (Wildman–Crippen MR) is 99.0 cm³/mol. The molecule has 0 saturated carbocycles. The summed E-state index contributed by atoms with van der Waals surface area (Å²) < 4.78 is 13.1. The monoisotopic (exact) mass is 366 g/mol. The number of nitrogens with zero attached hydrogens (tertiary/aromatic N) is 4. The maximum Gasteiger partial charge on any atom is 0.231 e. The summed E-state index contributed by atoms with van der Waals surface area (Å²) in [4.78, 5) is 2.37. The van der Waals surface area contributed by atoms with Crippen molar-refractivity contribution in [3.8, 4) is 22.9 Å². The Morgan fingerprint density at radius 3 is 2.92 bits per heavy atom. The van der Waals surface area contributed by atoms with Crippen LogP contribution in [0.2, 0.25) is 0 Å². The smallest absolute Gasteiger partial charge is 0.231 e. The molecule has 2 aliphatic rings. The normalized spacial score (nSPS) is 15.9. The summed E-state index contributed by atoms with van der Waals surface area (Å²) in [6.07, 6.45) is 0. The molecule has 5 rings (SSSR count). The standard InChI is InChI=1S/C19H18N4O2S/c1-13-3-2-4-15(7-13)18-20-21-19-23(18)10-22(11-26-19)9-14-5-6-16-17(8-14)25-12-24-16/h2-8H,9-12H2,1H3. The molecule has 2 aliphatic heterocycles. The Bertz CT molecular complexity index is 972. The minimum absolute atomic E-state index is 0.308. The number of fused-ring (bicyclic) bond motifs is 2. The van der Waals surface area contributed by atoms with Crippen LogP contribution in [0.1, 0.15) is 11.1 Å². The fraction of sp³-hybridized carbons (Fsp3) is 0.263. The highest BCUT2D eigenvalue weighted by Crippen LogP contribution is 2.34. The lowest BCUT2D eigenvalue weighted by Crippen LogP contribution is -2.30. The van der Waals surface area contributed by atoms with Gasteiger partial charge in [-0.1, -0.05) is 41.6 Å². The Morgan fingerprint density at radius 1 is 1.08 bits per heavy atom. The SMILES string of the molecule is Cc1cccc(-c2nnc3n2CN(Cc2ccc4c(c2)OCO4)CS3)c1. The molecule has 0 aliphatic carbocycles. The summed E-state index contributed by atoms with van der Waals surface area (Å²) in [6.45, 7) is 4.02. The average molecular weight is 366 g/mol. The van der Waals surface area contributed by atoms with Gasteiger partial charge in [-0.15, -0.1) is 10.2 Å². The number of aromatic nitrogens is 3. The van der Waals surface area contributed by atoms with Gasteiger partial charge < -0.3 is 9.47 Å². The molecule has 0 bridgehead atoms. The van der Waals surface area contributed by atoms with Crippen molar-refractivity contribution in [2.24, 2.45) is 0 Å². The molecule has 0 radical (unpaired) electrons. The molecule has 3 heterocycles. The minimum atomic E-state index is 0.308. The van der Waals surface area contributed by atoms with Crippen molar-refractivity contribution in [1.82, 2.24) is 19.7 Å². The first-order chi connectivity index (χ1) is 12.8. The highest BCUT2D eigenvalue weighted by molar-refractivity contribution is 7.99. The van der Waals surface area contributed by atoms with E-state index in [4.69, 9.17) is 9.47 Å². The van der Waals surface area contributed by atoms with E-state index in [2.05, 4.69) is 63.0 Å². The number of aryl methyl sites for hydroxylation is 1. The van der Waals surface area contributed by atoms with Gasteiger partial charge in [0.25, 0.3) is 0 Å². The van der Waals surface area contributed by atoms with Crippen molar-refractivity contribution in [3.63, 3.8) is 0 Å². The number of thioether (sulfide) groups is 1. The van der Waals surface area contributed by atoms with Gasteiger partial charge in [0, 0.05) is 12.1 Å². The van der Waals surface area contributed by atoms with E-state index in [0.29, 0.717) is 6.79 Å². The molecule has 0 saturated heterocycles. The van der Waals surface area contributed by atoms with Gasteiger partial charge in [0.1, 0.15) is 0 Å². The van der Waals surface area contributed by atoms with Gasteiger partial charge in [-0.05, 0) is 30.7 Å². The maximum atomic E-state index is 5.49. The Labute approximate surface area is 155 Å². The summed E-state index contributed by atoms with van der Waals surface area (Å²) >= 11 is 1.72. The third-order valence-corrected chi connectivity index (χ3v) is 5.61. The van der Waals surface area contributed by atoms with Gasteiger partial charge in [-0.25, -0.2) is 0 Å². The van der Waals surface area contributed by atoms with Gasteiger partial charge in [-0.2, -0.15) is 0 Å². The van der Waals surface area contributed by atoms with Crippen LogP contribution in [0.25, 0.3) is 11.4 Å². The van der Waals surface area contributed by atoms with Crippen LogP contribution >= 0.6 is 11.8 Å². The number of hydrogen-bond donors (Lipinski definition) is 0. The molecule has 0 N–H and O–H groups in total. The molecule has 0 fully saturated rings. The summed E-state index contributed by atoms with van der Waals surface area (Å²) in [5.74, 6) is 3.47. The van der Waals surface area contributed by atoms with Gasteiger partial charge in [0.05, 0.1) is 12.5 Å². The zero-order chi connectivity index (χ0) is 17.5. The second-order valence-corrected chi connectivity index (χ2v) is 7.45. The molecule has 1 aromatic heterocycles. The van der Waals surface area contributed by atoms with E-state index in [-0.39, 0.29) is 0 Å². The zero-order valence-corrected chi connectivity index (χ0v) is 15.2. The maximum absolute atomic E-state index is 5.49. The largest absolute Gasteiger partial charge is 0.454 e. The lowest BCUT2D eigenvalue weighted by Gasteiger charge is -2.27. The molecular formula is C19H18N4O2S. The summed E-state index contributed by atoms with van der Waals surface area (Å²) in [7, 11) is 0. The van der Waals surface area contributed by atoms with E-state index < -0.39 is 0 Å². The van der Waals surface area contributed by atoms with Crippen LogP contribution < -0.4 is 9.47 Å². The molecule has 0 unspecified atom stereocenters. The van der Waals surface area contributed by atoms with E-state index in [9.17, 15) is 0 Å².